The molecule has 2 aromatic rings. The van der Waals surface area contributed by atoms with Crippen molar-refractivity contribution in [3.63, 3.8) is 0 Å². The van der Waals surface area contributed by atoms with E-state index in [1.165, 1.54) is 17.5 Å². The number of hydrogen-bond acceptors (Lipinski definition) is 4. The van der Waals surface area contributed by atoms with Crippen LogP contribution in [-0.2, 0) is 0 Å². The van der Waals surface area contributed by atoms with E-state index < -0.39 is 0 Å². The summed E-state index contributed by atoms with van der Waals surface area (Å²) in [7, 11) is 0. The molecule has 1 amide bonds. The first kappa shape index (κ1) is 15.8. The number of carbonyl (C=O) groups excluding carboxylic acids is 1. The fourth-order valence-corrected chi connectivity index (χ4v) is 4.80. The second-order valence-corrected chi connectivity index (χ2v) is 8.33. The van der Waals surface area contributed by atoms with Gasteiger partial charge in [-0.1, -0.05) is 18.2 Å². The number of hydrogen-bond donors (Lipinski definition) is 1. The molecule has 1 aromatic carbocycles. The second-order valence-electron chi connectivity index (χ2n) is 7.13. The number of piperidine rings is 1. The highest BCUT2D eigenvalue weighted by atomic mass is 32.1. The number of aryl methyl sites for hydroxylation is 3. The SMILES string of the molecule is Cc1nc(C(=O)N2CC3C[C@@H]3[C@H]2CN)c(-c2ccc(C)c(C)c2)s1. The van der Waals surface area contributed by atoms with Gasteiger partial charge in [0.2, 0.25) is 0 Å². The second kappa shape index (κ2) is 5.67. The van der Waals surface area contributed by atoms with Crippen LogP contribution in [0.25, 0.3) is 10.4 Å². The monoisotopic (exact) mass is 341 g/mol. The summed E-state index contributed by atoms with van der Waals surface area (Å²) in [6.07, 6.45) is 1.23. The molecule has 5 heteroatoms. The predicted molar refractivity (Wildman–Crippen MR) is 97.2 cm³/mol. The van der Waals surface area contributed by atoms with Crippen molar-refractivity contribution in [3.05, 3.63) is 40.0 Å². The summed E-state index contributed by atoms with van der Waals surface area (Å²) in [5.74, 6) is 1.33. The molecule has 0 spiro atoms. The molecule has 3 atom stereocenters. The molecule has 0 radical (unpaired) electrons. The third-order valence-corrected chi connectivity index (χ3v) is 6.53. The van der Waals surface area contributed by atoms with Crippen molar-refractivity contribution in [2.45, 2.75) is 33.2 Å². The molecule has 1 unspecified atom stereocenters. The maximum absolute atomic E-state index is 13.2. The van der Waals surface area contributed by atoms with Gasteiger partial charge in [0.05, 0.1) is 9.88 Å². The van der Waals surface area contributed by atoms with Crippen LogP contribution in [0.4, 0.5) is 0 Å². The highest BCUT2D eigenvalue weighted by Gasteiger charge is 2.53. The van der Waals surface area contributed by atoms with E-state index in [1.807, 2.05) is 11.8 Å². The first-order valence-corrected chi connectivity index (χ1v) is 9.37. The van der Waals surface area contributed by atoms with Crippen LogP contribution in [0.3, 0.4) is 0 Å². The number of nitrogens with two attached hydrogens (primary N) is 1. The van der Waals surface area contributed by atoms with E-state index in [1.54, 1.807) is 11.3 Å². The van der Waals surface area contributed by atoms with Gasteiger partial charge in [0.15, 0.2) is 0 Å². The molecule has 1 saturated carbocycles. The van der Waals surface area contributed by atoms with Crippen LogP contribution in [0.5, 0.6) is 0 Å². The Labute approximate surface area is 146 Å². The lowest BCUT2D eigenvalue weighted by Crippen LogP contribution is -2.43. The summed E-state index contributed by atoms with van der Waals surface area (Å²) in [6.45, 7) is 7.56. The molecule has 4 rings (SSSR count). The molecule has 2 N–H and O–H groups in total. The van der Waals surface area contributed by atoms with E-state index in [0.29, 0.717) is 24.1 Å². The van der Waals surface area contributed by atoms with Crippen molar-refractivity contribution in [3.8, 4) is 10.4 Å². The minimum atomic E-state index is 0.0511. The predicted octanol–water partition coefficient (Wildman–Crippen LogP) is 3.15. The number of likely N-dealkylation sites (tertiary alicyclic amines) is 1. The van der Waals surface area contributed by atoms with Crippen molar-refractivity contribution in [2.24, 2.45) is 17.6 Å². The molecule has 2 aliphatic rings. The van der Waals surface area contributed by atoms with Crippen LogP contribution in [-0.4, -0.2) is 34.9 Å². The molecule has 1 aromatic heterocycles. The Morgan fingerprint density at radius 2 is 2.12 bits per heavy atom. The lowest BCUT2D eigenvalue weighted by atomic mass is 10.0. The minimum absolute atomic E-state index is 0.0511. The number of fused-ring (bicyclic) bond motifs is 1. The van der Waals surface area contributed by atoms with Crippen molar-refractivity contribution in [1.82, 2.24) is 9.88 Å². The lowest BCUT2D eigenvalue weighted by Gasteiger charge is -2.26. The third kappa shape index (κ3) is 2.47. The molecule has 1 aliphatic heterocycles. The van der Waals surface area contributed by atoms with E-state index in [2.05, 4.69) is 37.0 Å². The highest BCUT2D eigenvalue weighted by molar-refractivity contribution is 7.15. The molecule has 1 aliphatic carbocycles. The number of carbonyl (C=O) groups is 1. The topological polar surface area (TPSA) is 59.2 Å². The van der Waals surface area contributed by atoms with E-state index >= 15 is 0 Å². The van der Waals surface area contributed by atoms with Gasteiger partial charge in [0, 0.05) is 19.1 Å². The van der Waals surface area contributed by atoms with E-state index in [0.717, 1.165) is 22.0 Å². The smallest absolute Gasteiger partial charge is 0.274 e. The largest absolute Gasteiger partial charge is 0.332 e. The van der Waals surface area contributed by atoms with Crippen molar-refractivity contribution >= 4 is 17.2 Å². The van der Waals surface area contributed by atoms with E-state index in [9.17, 15) is 4.79 Å². The van der Waals surface area contributed by atoms with Crippen LogP contribution in [0.15, 0.2) is 18.2 Å². The van der Waals surface area contributed by atoms with Gasteiger partial charge in [-0.3, -0.25) is 4.79 Å². The van der Waals surface area contributed by atoms with Crippen LogP contribution < -0.4 is 5.73 Å². The number of nitrogens with zero attached hydrogens (tertiary/aromatic N) is 2. The number of thiazole rings is 1. The van der Waals surface area contributed by atoms with Gasteiger partial charge in [-0.05, 0) is 55.7 Å². The zero-order chi connectivity index (χ0) is 17.0. The highest BCUT2D eigenvalue weighted by Crippen LogP contribution is 2.49. The first-order chi connectivity index (χ1) is 11.5. The number of benzene rings is 1. The zero-order valence-corrected chi connectivity index (χ0v) is 15.2. The molecule has 24 heavy (non-hydrogen) atoms. The molecule has 2 heterocycles. The summed E-state index contributed by atoms with van der Waals surface area (Å²) in [6, 6.07) is 6.55. The lowest BCUT2D eigenvalue weighted by molar-refractivity contribution is 0.0708. The Morgan fingerprint density at radius 3 is 2.83 bits per heavy atom. The van der Waals surface area contributed by atoms with Gasteiger partial charge in [-0.25, -0.2) is 4.98 Å². The van der Waals surface area contributed by atoms with Crippen molar-refractivity contribution in [1.29, 1.82) is 0 Å². The molecule has 126 valence electrons. The third-order valence-electron chi connectivity index (χ3n) is 5.51. The fraction of sp³-hybridized carbons (Fsp3) is 0.474. The van der Waals surface area contributed by atoms with Crippen molar-refractivity contribution < 1.29 is 4.79 Å². The maximum atomic E-state index is 13.2. The molecule has 2 fully saturated rings. The fourth-order valence-electron chi connectivity index (χ4n) is 3.89. The Hall–Kier alpha value is -1.72. The van der Waals surface area contributed by atoms with Gasteiger partial charge in [-0.2, -0.15) is 0 Å². The normalized spacial score (nSPS) is 25.0. The summed E-state index contributed by atoms with van der Waals surface area (Å²) in [5, 5.41) is 0.931. The summed E-state index contributed by atoms with van der Waals surface area (Å²) < 4.78 is 0. The molecule has 1 saturated heterocycles. The first-order valence-electron chi connectivity index (χ1n) is 8.55. The maximum Gasteiger partial charge on any atom is 0.274 e. The van der Waals surface area contributed by atoms with E-state index in [4.69, 9.17) is 5.73 Å². The number of rotatable bonds is 3. The quantitative estimate of drug-likeness (QED) is 0.933. The average Bonchev–Trinajstić information content (AvgIpc) is 3.06. The number of amides is 1. The van der Waals surface area contributed by atoms with Gasteiger partial charge >= 0.3 is 0 Å². The summed E-state index contributed by atoms with van der Waals surface area (Å²) in [5.41, 5.74) is 10.1. The van der Waals surface area contributed by atoms with Gasteiger partial charge < -0.3 is 10.6 Å². The van der Waals surface area contributed by atoms with Crippen LogP contribution in [0.1, 0.15) is 33.0 Å². The van der Waals surface area contributed by atoms with Gasteiger partial charge in [0.1, 0.15) is 5.69 Å². The number of aromatic nitrogens is 1. The van der Waals surface area contributed by atoms with Crippen molar-refractivity contribution in [2.75, 3.05) is 13.1 Å². The standard InChI is InChI=1S/C19H23N3OS/c1-10-4-5-13(6-11(10)2)18-17(21-12(3)24-18)19(23)22-9-14-7-15(14)16(22)8-20/h4-6,14-16H,7-9,20H2,1-3H3/t14?,15-,16+/m0/s1. The summed E-state index contributed by atoms with van der Waals surface area (Å²) >= 11 is 1.60. The van der Waals surface area contributed by atoms with Gasteiger partial charge in [-0.15, -0.1) is 11.3 Å². The molecular formula is C19H23N3OS. The summed E-state index contributed by atoms with van der Waals surface area (Å²) in [4.78, 5) is 20.7. The molecule has 0 bridgehead atoms. The molecule has 4 nitrogen and oxygen atoms in total. The Bertz CT molecular complexity index is 813. The van der Waals surface area contributed by atoms with Crippen LogP contribution >= 0.6 is 11.3 Å². The average molecular weight is 341 g/mol. The minimum Gasteiger partial charge on any atom is -0.332 e. The Kier molecular flexibility index (Phi) is 3.73. The van der Waals surface area contributed by atoms with Crippen LogP contribution in [0, 0.1) is 32.6 Å². The Balaban J connectivity index is 1.71. The Morgan fingerprint density at radius 1 is 1.33 bits per heavy atom. The van der Waals surface area contributed by atoms with E-state index in [-0.39, 0.29) is 11.9 Å². The van der Waals surface area contributed by atoms with Crippen LogP contribution in [0.2, 0.25) is 0 Å². The molecular weight excluding hydrogens is 318 g/mol. The van der Waals surface area contributed by atoms with Gasteiger partial charge in [0.25, 0.3) is 5.91 Å². The zero-order valence-electron chi connectivity index (χ0n) is 14.4.